The van der Waals surface area contributed by atoms with Crippen molar-refractivity contribution in [2.45, 2.75) is 57.1 Å². The van der Waals surface area contributed by atoms with E-state index in [0.717, 1.165) is 0 Å². The van der Waals surface area contributed by atoms with Gasteiger partial charge in [-0.3, -0.25) is 0 Å². The zero-order valence-corrected chi connectivity index (χ0v) is 18.4. The lowest BCUT2D eigenvalue weighted by Crippen LogP contribution is -2.44. The molecular weight excluding hydrogens is 398 g/mol. The molecule has 29 heavy (non-hydrogen) atoms. The van der Waals surface area contributed by atoms with Crippen LogP contribution < -0.4 is 4.74 Å². The van der Waals surface area contributed by atoms with Gasteiger partial charge in [-0.15, -0.1) is 0 Å². The van der Waals surface area contributed by atoms with Gasteiger partial charge in [0.2, 0.25) is 0 Å². The molecule has 1 aliphatic heterocycles. The number of likely N-dealkylation sites (tertiary alicyclic amines) is 1. The Bertz CT molecular complexity index is 850. The van der Waals surface area contributed by atoms with E-state index < -0.39 is 21.4 Å². The first-order valence-electron chi connectivity index (χ1n) is 9.56. The van der Waals surface area contributed by atoms with Gasteiger partial charge in [0.1, 0.15) is 23.0 Å². The highest BCUT2D eigenvalue weighted by Gasteiger charge is 2.29. The zero-order valence-electron chi connectivity index (χ0n) is 17.6. The molecule has 0 saturated carbocycles. The predicted octanol–water partition coefficient (Wildman–Crippen LogP) is 3.05. The molecule has 1 aromatic rings. The Kier molecular flexibility index (Phi) is 7.15. The normalized spacial score (nSPS) is 15.7. The number of carbonyl (C=O) groups excluding carboxylic acids is 2. The number of sulfone groups is 1. The highest BCUT2D eigenvalue weighted by molar-refractivity contribution is 7.91. The monoisotopic (exact) mass is 427 g/mol. The summed E-state index contributed by atoms with van der Waals surface area (Å²) < 4.78 is 40.5. The average molecular weight is 428 g/mol. The van der Waals surface area contributed by atoms with Gasteiger partial charge in [-0.2, -0.15) is 0 Å². The molecule has 2 rings (SSSR count). The molecule has 1 saturated heterocycles. The first kappa shape index (κ1) is 23.0. The number of piperidine rings is 1. The highest BCUT2D eigenvalue weighted by Crippen LogP contribution is 2.28. The van der Waals surface area contributed by atoms with Crippen molar-refractivity contribution in [3.05, 3.63) is 23.8 Å². The van der Waals surface area contributed by atoms with E-state index in [-0.39, 0.29) is 34.2 Å². The minimum absolute atomic E-state index is 0.0573. The van der Waals surface area contributed by atoms with Gasteiger partial charge in [0.15, 0.2) is 9.84 Å². The van der Waals surface area contributed by atoms with E-state index in [4.69, 9.17) is 14.2 Å². The minimum Gasteiger partial charge on any atom is -0.489 e. The molecule has 1 amide bonds. The molecule has 0 spiro atoms. The second-order valence-corrected chi connectivity index (χ2v) is 10.1. The second kappa shape index (κ2) is 9.02. The molecule has 9 heteroatoms. The van der Waals surface area contributed by atoms with Crippen LogP contribution in [-0.4, -0.2) is 63.0 Å². The number of carbonyl (C=O) groups is 2. The van der Waals surface area contributed by atoms with Crippen LogP contribution in [0.4, 0.5) is 4.79 Å². The van der Waals surface area contributed by atoms with Crippen molar-refractivity contribution >= 4 is 21.9 Å². The number of hydrogen-bond acceptors (Lipinski definition) is 7. The molecule has 1 heterocycles. The smallest absolute Gasteiger partial charge is 0.410 e. The first-order chi connectivity index (χ1) is 13.5. The summed E-state index contributed by atoms with van der Waals surface area (Å²) in [6, 6.07) is 4.15. The van der Waals surface area contributed by atoms with Gasteiger partial charge in [-0.1, -0.05) is 6.92 Å². The van der Waals surface area contributed by atoms with Crippen LogP contribution in [0, 0.1) is 0 Å². The molecule has 0 bridgehead atoms. The van der Waals surface area contributed by atoms with Crippen molar-refractivity contribution in [3.63, 3.8) is 0 Å². The van der Waals surface area contributed by atoms with Gasteiger partial charge in [0, 0.05) is 25.9 Å². The van der Waals surface area contributed by atoms with Crippen molar-refractivity contribution in [1.82, 2.24) is 4.90 Å². The largest absolute Gasteiger partial charge is 0.489 e. The average Bonchev–Trinajstić information content (AvgIpc) is 2.66. The fraction of sp³-hybridized carbons (Fsp3) is 0.600. The molecule has 8 nitrogen and oxygen atoms in total. The van der Waals surface area contributed by atoms with Crippen LogP contribution in [0.3, 0.4) is 0 Å². The summed E-state index contributed by atoms with van der Waals surface area (Å²) >= 11 is 0. The number of benzene rings is 1. The van der Waals surface area contributed by atoms with E-state index >= 15 is 0 Å². The number of hydrogen-bond donors (Lipinski definition) is 0. The summed E-state index contributed by atoms with van der Waals surface area (Å²) in [4.78, 5) is 26.0. The number of esters is 1. The number of methoxy groups -OCH3 is 1. The Morgan fingerprint density at radius 2 is 1.79 bits per heavy atom. The lowest BCUT2D eigenvalue weighted by molar-refractivity contribution is 0.0125. The van der Waals surface area contributed by atoms with Crippen LogP contribution in [-0.2, 0) is 19.3 Å². The lowest BCUT2D eigenvalue weighted by atomic mass is 10.1. The molecule has 1 fully saturated rings. The second-order valence-electron chi connectivity index (χ2n) is 7.84. The molecule has 0 unspecified atom stereocenters. The molecule has 1 aliphatic rings. The number of rotatable bonds is 5. The summed E-state index contributed by atoms with van der Waals surface area (Å²) in [6.45, 7) is 7.88. The third kappa shape index (κ3) is 6.09. The van der Waals surface area contributed by atoms with Crippen LogP contribution in [0.2, 0.25) is 0 Å². The predicted molar refractivity (Wildman–Crippen MR) is 107 cm³/mol. The maximum absolute atomic E-state index is 12.2. The molecule has 0 N–H and O–H groups in total. The van der Waals surface area contributed by atoms with E-state index in [1.54, 1.807) is 11.8 Å². The highest BCUT2D eigenvalue weighted by atomic mass is 32.2. The Morgan fingerprint density at radius 1 is 1.17 bits per heavy atom. The van der Waals surface area contributed by atoms with Crippen molar-refractivity contribution < 1.29 is 32.2 Å². The molecule has 0 radical (unpaired) electrons. The quantitative estimate of drug-likeness (QED) is 0.666. The lowest BCUT2D eigenvalue weighted by Gasteiger charge is -2.33. The number of nitrogens with zero attached hydrogens (tertiary/aromatic N) is 1. The molecule has 0 atom stereocenters. The van der Waals surface area contributed by atoms with Crippen LogP contribution >= 0.6 is 0 Å². The standard InChI is InChI=1S/C20H29NO7S/c1-6-29(24,25)15-7-8-16(18(22)26-5)17(13-15)27-14-9-11-21(12-10-14)19(23)28-20(2,3)4/h7-8,13-14H,6,9-12H2,1-5H3. The number of amides is 1. The van der Waals surface area contributed by atoms with Gasteiger partial charge in [-0.25, -0.2) is 18.0 Å². The summed E-state index contributed by atoms with van der Waals surface area (Å²) in [5.74, 6) is -0.494. The van der Waals surface area contributed by atoms with E-state index in [9.17, 15) is 18.0 Å². The molecule has 162 valence electrons. The summed E-state index contributed by atoms with van der Waals surface area (Å²) in [7, 11) is -2.20. The Morgan fingerprint density at radius 3 is 2.31 bits per heavy atom. The van der Waals surface area contributed by atoms with E-state index in [1.807, 2.05) is 20.8 Å². The minimum atomic E-state index is -3.45. The molecule has 0 aromatic heterocycles. The number of ether oxygens (including phenoxy) is 3. The fourth-order valence-electron chi connectivity index (χ4n) is 2.90. The SMILES string of the molecule is CCS(=O)(=O)c1ccc(C(=O)OC)c(OC2CCN(C(=O)OC(C)(C)C)CC2)c1. The van der Waals surface area contributed by atoms with Crippen LogP contribution in [0.5, 0.6) is 5.75 Å². The van der Waals surface area contributed by atoms with E-state index in [2.05, 4.69) is 0 Å². The van der Waals surface area contributed by atoms with Crippen molar-refractivity contribution in [3.8, 4) is 5.75 Å². The first-order valence-corrected chi connectivity index (χ1v) is 11.2. The fourth-order valence-corrected chi connectivity index (χ4v) is 3.80. The van der Waals surface area contributed by atoms with Gasteiger partial charge in [-0.05, 0) is 39.0 Å². The van der Waals surface area contributed by atoms with Crippen molar-refractivity contribution in [2.24, 2.45) is 0 Å². The van der Waals surface area contributed by atoms with Crippen LogP contribution in [0.1, 0.15) is 50.9 Å². The van der Waals surface area contributed by atoms with Gasteiger partial charge in [0.05, 0.1) is 17.8 Å². The molecule has 0 aliphatic carbocycles. The van der Waals surface area contributed by atoms with Gasteiger partial charge >= 0.3 is 12.1 Å². The van der Waals surface area contributed by atoms with Crippen LogP contribution in [0.15, 0.2) is 23.1 Å². The van der Waals surface area contributed by atoms with Crippen molar-refractivity contribution in [2.75, 3.05) is 26.0 Å². The van der Waals surface area contributed by atoms with E-state index in [1.165, 1.54) is 25.3 Å². The molecule has 1 aromatic carbocycles. The van der Waals surface area contributed by atoms with Gasteiger partial charge < -0.3 is 19.1 Å². The zero-order chi connectivity index (χ0) is 21.8. The van der Waals surface area contributed by atoms with Crippen LogP contribution in [0.25, 0.3) is 0 Å². The maximum Gasteiger partial charge on any atom is 0.410 e. The topological polar surface area (TPSA) is 99.2 Å². The maximum atomic E-state index is 12.2. The third-order valence-corrected chi connectivity index (χ3v) is 6.22. The van der Waals surface area contributed by atoms with Gasteiger partial charge in [0.25, 0.3) is 0 Å². The summed E-state index contributed by atoms with van der Waals surface area (Å²) in [6.07, 6.45) is 0.425. The summed E-state index contributed by atoms with van der Waals surface area (Å²) in [5, 5.41) is 0. The van der Waals surface area contributed by atoms with E-state index in [0.29, 0.717) is 25.9 Å². The Labute approximate surface area is 172 Å². The Hall–Kier alpha value is -2.29. The summed E-state index contributed by atoms with van der Waals surface area (Å²) in [5.41, 5.74) is -0.400. The Balaban J connectivity index is 2.14. The molecular formula is C20H29NO7S. The van der Waals surface area contributed by atoms with Crippen molar-refractivity contribution in [1.29, 1.82) is 0 Å². The third-order valence-electron chi connectivity index (χ3n) is 4.48.